The van der Waals surface area contributed by atoms with Crippen LogP contribution in [-0.4, -0.2) is 31.5 Å². The van der Waals surface area contributed by atoms with E-state index in [0.717, 1.165) is 19.4 Å². The molecule has 3 heteroatoms. The highest BCUT2D eigenvalue weighted by Gasteiger charge is 2.23. The van der Waals surface area contributed by atoms with Crippen LogP contribution < -0.4 is 0 Å². The SMILES string of the molecule is COCC(C)CC(O)CC1OCCc2ccccc21. The monoisotopic (exact) mass is 264 g/mol. The summed E-state index contributed by atoms with van der Waals surface area (Å²) in [5.41, 5.74) is 2.60. The van der Waals surface area contributed by atoms with Crippen molar-refractivity contribution in [3.8, 4) is 0 Å². The zero-order valence-electron chi connectivity index (χ0n) is 11.8. The van der Waals surface area contributed by atoms with Gasteiger partial charge in [-0.1, -0.05) is 31.2 Å². The molecule has 0 amide bonds. The molecule has 0 aliphatic carbocycles. The van der Waals surface area contributed by atoms with Crippen LogP contribution >= 0.6 is 0 Å². The van der Waals surface area contributed by atoms with Gasteiger partial charge in [0.1, 0.15) is 0 Å². The molecule has 1 aromatic rings. The molecule has 0 saturated carbocycles. The summed E-state index contributed by atoms with van der Waals surface area (Å²) in [5, 5.41) is 10.2. The maximum Gasteiger partial charge on any atom is 0.0852 e. The van der Waals surface area contributed by atoms with Crippen molar-refractivity contribution in [2.24, 2.45) is 5.92 Å². The highest BCUT2D eigenvalue weighted by Crippen LogP contribution is 2.31. The number of hydrogen-bond acceptors (Lipinski definition) is 3. The molecule has 0 fully saturated rings. The Morgan fingerprint density at radius 3 is 3.00 bits per heavy atom. The van der Waals surface area contributed by atoms with Crippen molar-refractivity contribution >= 4 is 0 Å². The minimum absolute atomic E-state index is 0.0368. The van der Waals surface area contributed by atoms with Gasteiger partial charge in [-0.15, -0.1) is 0 Å². The zero-order chi connectivity index (χ0) is 13.7. The second-order valence-corrected chi connectivity index (χ2v) is 5.49. The van der Waals surface area contributed by atoms with Gasteiger partial charge in [-0.3, -0.25) is 0 Å². The van der Waals surface area contributed by atoms with E-state index in [0.29, 0.717) is 18.9 Å². The minimum Gasteiger partial charge on any atom is -0.393 e. The summed E-state index contributed by atoms with van der Waals surface area (Å²) in [7, 11) is 1.70. The van der Waals surface area contributed by atoms with Gasteiger partial charge in [0, 0.05) is 20.1 Å². The predicted octanol–water partition coefficient (Wildman–Crippen LogP) is 2.72. The fourth-order valence-corrected chi connectivity index (χ4v) is 2.83. The predicted molar refractivity (Wildman–Crippen MR) is 75.1 cm³/mol. The summed E-state index contributed by atoms with van der Waals surface area (Å²) in [5.74, 6) is 0.374. The Labute approximate surface area is 115 Å². The number of rotatable bonds is 6. The first-order valence-electron chi connectivity index (χ1n) is 7.07. The molecule has 3 nitrogen and oxygen atoms in total. The van der Waals surface area contributed by atoms with Crippen molar-refractivity contribution in [1.29, 1.82) is 0 Å². The molecule has 2 rings (SSSR count). The molecule has 19 heavy (non-hydrogen) atoms. The zero-order valence-corrected chi connectivity index (χ0v) is 11.8. The third-order valence-electron chi connectivity index (χ3n) is 3.70. The highest BCUT2D eigenvalue weighted by molar-refractivity contribution is 5.30. The number of hydrogen-bond donors (Lipinski definition) is 1. The molecule has 0 aromatic heterocycles. The fourth-order valence-electron chi connectivity index (χ4n) is 2.83. The molecule has 0 spiro atoms. The molecule has 1 heterocycles. The summed E-state index contributed by atoms with van der Waals surface area (Å²) < 4.78 is 10.9. The van der Waals surface area contributed by atoms with Gasteiger partial charge in [0.25, 0.3) is 0 Å². The van der Waals surface area contributed by atoms with E-state index in [1.807, 2.05) is 6.07 Å². The molecule has 0 bridgehead atoms. The normalized spacial score (nSPS) is 21.7. The lowest BCUT2D eigenvalue weighted by molar-refractivity contribution is -0.00377. The molecule has 106 valence electrons. The quantitative estimate of drug-likeness (QED) is 0.858. The van der Waals surface area contributed by atoms with Crippen LogP contribution in [0.15, 0.2) is 24.3 Å². The van der Waals surface area contributed by atoms with Crippen LogP contribution in [0.5, 0.6) is 0 Å². The van der Waals surface area contributed by atoms with Crippen molar-refractivity contribution in [3.63, 3.8) is 0 Å². The van der Waals surface area contributed by atoms with Crippen LogP contribution in [0.25, 0.3) is 0 Å². The molecule has 1 aliphatic rings. The van der Waals surface area contributed by atoms with E-state index in [4.69, 9.17) is 9.47 Å². The maximum atomic E-state index is 10.2. The minimum atomic E-state index is -0.332. The van der Waals surface area contributed by atoms with E-state index in [1.165, 1.54) is 11.1 Å². The molecule has 0 radical (unpaired) electrons. The fraction of sp³-hybridized carbons (Fsp3) is 0.625. The first kappa shape index (κ1) is 14.5. The van der Waals surface area contributed by atoms with E-state index in [1.54, 1.807) is 7.11 Å². The van der Waals surface area contributed by atoms with Crippen LogP contribution in [0.2, 0.25) is 0 Å². The number of methoxy groups -OCH3 is 1. The van der Waals surface area contributed by atoms with Crippen molar-refractivity contribution < 1.29 is 14.6 Å². The molecular weight excluding hydrogens is 240 g/mol. The van der Waals surface area contributed by atoms with Crippen molar-refractivity contribution in [3.05, 3.63) is 35.4 Å². The Kier molecular flexibility index (Phi) is 5.37. The van der Waals surface area contributed by atoms with Gasteiger partial charge in [0.2, 0.25) is 0 Å². The van der Waals surface area contributed by atoms with E-state index in [9.17, 15) is 5.11 Å². The molecule has 1 aromatic carbocycles. The number of aliphatic hydroxyl groups is 1. The number of aliphatic hydroxyl groups excluding tert-OH is 1. The van der Waals surface area contributed by atoms with Crippen molar-refractivity contribution in [2.75, 3.05) is 20.3 Å². The smallest absolute Gasteiger partial charge is 0.0852 e. The molecular formula is C16H24O3. The highest BCUT2D eigenvalue weighted by atomic mass is 16.5. The van der Waals surface area contributed by atoms with Gasteiger partial charge in [-0.2, -0.15) is 0 Å². The van der Waals surface area contributed by atoms with E-state index < -0.39 is 0 Å². The molecule has 1 N–H and O–H groups in total. The average molecular weight is 264 g/mol. The van der Waals surface area contributed by atoms with Crippen molar-refractivity contribution in [1.82, 2.24) is 0 Å². The topological polar surface area (TPSA) is 38.7 Å². The lowest BCUT2D eigenvalue weighted by Gasteiger charge is -2.28. The van der Waals surface area contributed by atoms with Gasteiger partial charge < -0.3 is 14.6 Å². The average Bonchev–Trinajstić information content (AvgIpc) is 2.39. The lowest BCUT2D eigenvalue weighted by atomic mass is 9.92. The van der Waals surface area contributed by atoms with Gasteiger partial charge in [-0.05, 0) is 29.9 Å². The maximum absolute atomic E-state index is 10.2. The van der Waals surface area contributed by atoms with Crippen LogP contribution in [-0.2, 0) is 15.9 Å². The summed E-state index contributed by atoms with van der Waals surface area (Å²) in [6.07, 6.45) is 2.11. The second-order valence-electron chi connectivity index (χ2n) is 5.49. The number of benzene rings is 1. The second kappa shape index (κ2) is 7.04. The summed E-state index contributed by atoms with van der Waals surface area (Å²) in [6.45, 7) is 3.55. The first-order valence-corrected chi connectivity index (χ1v) is 7.07. The van der Waals surface area contributed by atoms with Gasteiger partial charge in [0.15, 0.2) is 0 Å². The first-order chi connectivity index (χ1) is 9.20. The summed E-state index contributed by atoms with van der Waals surface area (Å²) in [6, 6.07) is 8.38. The Bertz CT molecular complexity index is 391. The van der Waals surface area contributed by atoms with Gasteiger partial charge in [-0.25, -0.2) is 0 Å². The molecule has 3 atom stereocenters. The molecule has 1 aliphatic heterocycles. The summed E-state index contributed by atoms with van der Waals surface area (Å²) in [4.78, 5) is 0. The van der Waals surface area contributed by atoms with E-state index >= 15 is 0 Å². The Balaban J connectivity index is 1.93. The lowest BCUT2D eigenvalue weighted by Crippen LogP contribution is -2.23. The molecule has 0 saturated heterocycles. The standard InChI is InChI=1S/C16H24O3/c1-12(11-18-2)9-14(17)10-16-15-6-4-3-5-13(15)7-8-19-16/h3-6,12,14,16-17H,7-11H2,1-2H3. The van der Waals surface area contributed by atoms with Crippen LogP contribution in [0, 0.1) is 5.92 Å². The van der Waals surface area contributed by atoms with Crippen LogP contribution in [0.3, 0.4) is 0 Å². The van der Waals surface area contributed by atoms with Gasteiger partial charge >= 0.3 is 0 Å². The number of fused-ring (bicyclic) bond motifs is 1. The van der Waals surface area contributed by atoms with E-state index in [2.05, 4.69) is 25.1 Å². The largest absolute Gasteiger partial charge is 0.393 e. The number of ether oxygens (including phenoxy) is 2. The van der Waals surface area contributed by atoms with Gasteiger partial charge in [0.05, 0.1) is 18.8 Å². The molecule has 3 unspecified atom stereocenters. The Morgan fingerprint density at radius 2 is 2.21 bits per heavy atom. The third-order valence-corrected chi connectivity index (χ3v) is 3.70. The van der Waals surface area contributed by atoms with Crippen molar-refractivity contribution in [2.45, 2.75) is 38.4 Å². The van der Waals surface area contributed by atoms with Crippen LogP contribution in [0.1, 0.15) is 37.0 Å². The van der Waals surface area contributed by atoms with Crippen LogP contribution in [0.4, 0.5) is 0 Å². The Hall–Kier alpha value is -0.900. The Morgan fingerprint density at radius 1 is 1.42 bits per heavy atom. The van der Waals surface area contributed by atoms with E-state index in [-0.39, 0.29) is 12.2 Å². The third kappa shape index (κ3) is 4.03. The summed E-state index contributed by atoms with van der Waals surface area (Å²) >= 11 is 0.